The molecule has 6 aromatic rings. The predicted molar refractivity (Wildman–Crippen MR) is 189 cm³/mol. The predicted octanol–water partition coefficient (Wildman–Crippen LogP) is 5.29. The second-order valence-electron chi connectivity index (χ2n) is 11.7. The number of carbonyl (C=O) groups excluding carboxylic acids is 4. The molecule has 1 saturated heterocycles. The van der Waals surface area contributed by atoms with Crippen LogP contribution in [0.1, 0.15) is 49.0 Å². The Balaban J connectivity index is 1.33. The Morgan fingerprint density at radius 2 is 1.34 bits per heavy atom. The first-order valence-corrected chi connectivity index (χ1v) is 16.3. The Labute approximate surface area is 303 Å². The van der Waals surface area contributed by atoms with Gasteiger partial charge in [0.2, 0.25) is 11.7 Å². The maximum Gasteiger partial charge on any atom is 0.339 e. The number of nitrogens with one attached hydrogen (secondary N) is 1. The monoisotopic (exact) mass is 708 g/mol. The van der Waals surface area contributed by atoms with Crippen LogP contribution in [-0.2, 0) is 18.9 Å². The zero-order chi connectivity index (χ0) is 37.5. The summed E-state index contributed by atoms with van der Waals surface area (Å²) < 4.78 is 33.9. The minimum absolute atomic E-state index is 0.0736. The summed E-state index contributed by atoms with van der Waals surface area (Å²) in [5.41, 5.74) is -1.07. The number of terminal acetylenes is 1. The number of aromatic nitrogens is 4. The summed E-state index contributed by atoms with van der Waals surface area (Å²) >= 11 is 0. The van der Waals surface area contributed by atoms with E-state index in [1.54, 1.807) is 97.1 Å². The number of fused-ring (bicyclic) bond motifs is 1. The third-order valence-corrected chi connectivity index (χ3v) is 8.45. The molecule has 0 bridgehead atoms. The minimum atomic E-state index is -2.24. The van der Waals surface area contributed by atoms with Gasteiger partial charge in [-0.3, -0.25) is 9.36 Å². The average molecular weight is 709 g/mol. The van der Waals surface area contributed by atoms with Crippen molar-refractivity contribution in [1.82, 2.24) is 19.5 Å². The first-order chi connectivity index (χ1) is 26.4. The summed E-state index contributed by atoms with van der Waals surface area (Å²) in [6, 6.07) is 32.7. The lowest BCUT2D eigenvalue weighted by atomic mass is 9.92. The van der Waals surface area contributed by atoms with Gasteiger partial charge in [-0.15, -0.1) is 6.40 Å². The molecule has 0 aliphatic carbocycles. The fourth-order valence-corrected chi connectivity index (χ4v) is 5.81. The highest BCUT2D eigenvalue weighted by Gasteiger charge is 2.63. The number of rotatable bonds is 10. The molecule has 53 heavy (non-hydrogen) atoms. The zero-order valence-corrected chi connectivity index (χ0v) is 27.7. The summed E-state index contributed by atoms with van der Waals surface area (Å²) in [7, 11) is 0. The standard InChI is InChI=1S/C40H29N5O8/c1-2-40(53-39(49)29-21-13-6-14-22-29)30(23-50-37(47)27-17-9-4-10-18-27)51-36(32(40)52-38(48)28-19-11-5-12-20-28)45-25-43-31-33(41-24-42-34(31)45)44-35(46)26-15-7-3-8-16-26/h1,3-22,24-25,30,32,36H,23H2,(H,41,42,44,46)/t30-,32+,36?,40-/m1/s1/i1D. The molecule has 1 amide bonds. The summed E-state index contributed by atoms with van der Waals surface area (Å²) in [6.45, 7) is -0.555. The first kappa shape index (κ1) is 33.0. The highest BCUT2D eigenvalue weighted by Crippen LogP contribution is 2.44. The van der Waals surface area contributed by atoms with E-state index in [2.05, 4.69) is 32.6 Å². The quantitative estimate of drug-likeness (QED) is 0.112. The smallest absolute Gasteiger partial charge is 0.339 e. The van der Waals surface area contributed by atoms with Crippen LogP contribution in [0, 0.1) is 12.3 Å². The topological polar surface area (TPSA) is 161 Å². The van der Waals surface area contributed by atoms with Gasteiger partial charge in [-0.1, -0.05) is 78.7 Å². The maximum absolute atomic E-state index is 13.8. The van der Waals surface area contributed by atoms with Crippen molar-refractivity contribution in [3.8, 4) is 12.3 Å². The molecule has 1 N–H and O–H groups in total. The van der Waals surface area contributed by atoms with Gasteiger partial charge in [0.15, 0.2) is 23.2 Å². The fraction of sp³-hybridized carbons (Fsp3) is 0.125. The SMILES string of the molecule is [2H]C#C[C@@]1(OC(=O)c2ccccc2)[C@@H](COC(=O)c2ccccc2)OC(n2cnc3c(NC(=O)c4ccccc4)ncnc32)[C@@H]1OC(=O)c1ccccc1. The van der Waals surface area contributed by atoms with Crippen LogP contribution in [0.15, 0.2) is 134 Å². The molecule has 1 aliphatic heterocycles. The van der Waals surface area contributed by atoms with Crippen LogP contribution in [0.3, 0.4) is 0 Å². The molecule has 4 atom stereocenters. The summed E-state index contributed by atoms with van der Waals surface area (Å²) in [4.78, 5) is 66.9. The molecule has 13 nitrogen and oxygen atoms in total. The van der Waals surface area contributed by atoms with Crippen molar-refractivity contribution in [3.05, 3.63) is 156 Å². The Hall–Kier alpha value is -7.17. The van der Waals surface area contributed by atoms with Crippen molar-refractivity contribution >= 4 is 40.8 Å². The van der Waals surface area contributed by atoms with E-state index in [1.165, 1.54) is 41.5 Å². The van der Waals surface area contributed by atoms with Crippen molar-refractivity contribution in [1.29, 1.82) is 0 Å². The number of carbonyl (C=O) groups is 4. The Bertz CT molecular complexity index is 2370. The molecule has 3 heterocycles. The van der Waals surface area contributed by atoms with Crippen LogP contribution in [0.2, 0.25) is 0 Å². The summed E-state index contributed by atoms with van der Waals surface area (Å²) in [5, 5.41) is 2.74. The molecule has 262 valence electrons. The highest BCUT2D eigenvalue weighted by atomic mass is 16.7. The molecule has 1 fully saturated rings. The number of hydrogen-bond donors (Lipinski definition) is 1. The molecule has 2 aromatic heterocycles. The van der Waals surface area contributed by atoms with Gasteiger partial charge in [-0.25, -0.2) is 29.3 Å². The van der Waals surface area contributed by atoms with Crippen LogP contribution in [-0.4, -0.2) is 67.7 Å². The fourth-order valence-electron chi connectivity index (χ4n) is 5.81. The van der Waals surface area contributed by atoms with Crippen molar-refractivity contribution < 1.29 is 39.5 Å². The molecule has 1 unspecified atom stereocenters. The van der Waals surface area contributed by atoms with Crippen molar-refractivity contribution in [2.24, 2.45) is 0 Å². The van der Waals surface area contributed by atoms with Gasteiger partial charge in [0.1, 0.15) is 20.4 Å². The van der Waals surface area contributed by atoms with E-state index in [0.717, 1.165) is 0 Å². The second-order valence-corrected chi connectivity index (χ2v) is 11.7. The highest BCUT2D eigenvalue weighted by molar-refractivity contribution is 6.06. The maximum atomic E-state index is 13.8. The van der Waals surface area contributed by atoms with Gasteiger partial charge >= 0.3 is 17.9 Å². The number of nitrogens with zero attached hydrogens (tertiary/aromatic N) is 4. The third-order valence-electron chi connectivity index (χ3n) is 8.45. The van der Waals surface area contributed by atoms with Gasteiger partial charge in [0, 0.05) is 5.56 Å². The summed E-state index contributed by atoms with van der Waals surface area (Å²) in [6.07, 6.45) is 0.123. The molecular formula is C40H29N5O8. The number of hydrogen-bond acceptors (Lipinski definition) is 11. The van der Waals surface area contributed by atoms with Gasteiger partial charge in [-0.05, 0) is 48.5 Å². The van der Waals surface area contributed by atoms with Crippen molar-refractivity contribution in [3.63, 3.8) is 0 Å². The van der Waals surface area contributed by atoms with Crippen LogP contribution in [0.5, 0.6) is 0 Å². The van der Waals surface area contributed by atoms with E-state index in [1.807, 2.05) is 0 Å². The Morgan fingerprint density at radius 1 is 0.774 bits per heavy atom. The Kier molecular flexibility index (Phi) is 9.33. The number of ether oxygens (including phenoxy) is 4. The van der Waals surface area contributed by atoms with Gasteiger partial charge < -0.3 is 24.3 Å². The zero-order valence-electron chi connectivity index (χ0n) is 28.7. The molecule has 0 spiro atoms. The van der Waals surface area contributed by atoms with E-state index in [9.17, 15) is 19.2 Å². The van der Waals surface area contributed by atoms with Crippen LogP contribution in [0.25, 0.3) is 11.2 Å². The van der Waals surface area contributed by atoms with Crippen LogP contribution >= 0.6 is 0 Å². The second kappa shape index (κ2) is 15.0. The number of esters is 3. The van der Waals surface area contributed by atoms with E-state index in [-0.39, 0.29) is 33.7 Å². The van der Waals surface area contributed by atoms with Gasteiger partial charge in [0.05, 0.1) is 23.0 Å². The van der Waals surface area contributed by atoms with E-state index in [0.29, 0.717) is 5.56 Å². The lowest BCUT2D eigenvalue weighted by molar-refractivity contribution is -0.0782. The van der Waals surface area contributed by atoms with Gasteiger partial charge in [0.25, 0.3) is 5.91 Å². The van der Waals surface area contributed by atoms with E-state index >= 15 is 0 Å². The third kappa shape index (κ3) is 6.94. The van der Waals surface area contributed by atoms with Crippen molar-refractivity contribution in [2.75, 3.05) is 11.9 Å². The van der Waals surface area contributed by atoms with Crippen molar-refractivity contribution in [2.45, 2.75) is 24.0 Å². The van der Waals surface area contributed by atoms with Crippen LogP contribution < -0.4 is 5.32 Å². The molecule has 13 heteroatoms. The normalized spacial score (nSPS) is 19.2. The first-order valence-electron chi connectivity index (χ1n) is 16.8. The lowest BCUT2D eigenvalue weighted by Crippen LogP contribution is -2.53. The largest absolute Gasteiger partial charge is 0.459 e. The molecule has 0 radical (unpaired) electrons. The number of amides is 1. The van der Waals surface area contributed by atoms with Gasteiger partial charge in [-0.2, -0.15) is 0 Å². The lowest BCUT2D eigenvalue weighted by Gasteiger charge is -2.33. The number of imidazole rings is 1. The molecular weight excluding hydrogens is 678 g/mol. The average Bonchev–Trinajstić information content (AvgIpc) is 3.77. The molecule has 0 saturated carbocycles. The minimum Gasteiger partial charge on any atom is -0.459 e. The van der Waals surface area contributed by atoms with Crippen LogP contribution in [0.4, 0.5) is 5.82 Å². The summed E-state index contributed by atoms with van der Waals surface area (Å²) in [5.74, 6) is -0.183. The van der Waals surface area contributed by atoms with E-state index in [4.69, 9.17) is 20.3 Å². The molecule has 4 aromatic carbocycles. The molecule has 1 aliphatic rings. The number of anilines is 1. The Morgan fingerprint density at radius 3 is 1.94 bits per heavy atom. The van der Waals surface area contributed by atoms with E-state index < -0.39 is 54.5 Å². The molecule has 7 rings (SSSR count). The number of benzene rings is 4.